The van der Waals surface area contributed by atoms with Crippen LogP contribution in [0.4, 0.5) is 0 Å². The molecule has 1 aromatic heterocycles. The van der Waals surface area contributed by atoms with Gasteiger partial charge in [-0.3, -0.25) is 9.69 Å². The van der Waals surface area contributed by atoms with Crippen LogP contribution in [0.3, 0.4) is 0 Å². The van der Waals surface area contributed by atoms with Crippen LogP contribution in [0.2, 0.25) is 0 Å². The highest BCUT2D eigenvalue weighted by atomic mass is 16.4. The summed E-state index contributed by atoms with van der Waals surface area (Å²) in [5.74, 6) is -1.17. The molecule has 2 heterocycles. The molecule has 0 amide bonds. The van der Waals surface area contributed by atoms with E-state index in [4.69, 9.17) is 0 Å². The summed E-state index contributed by atoms with van der Waals surface area (Å²) in [4.78, 5) is 17.7. The summed E-state index contributed by atoms with van der Waals surface area (Å²) in [6.07, 6.45) is 5.46. The minimum atomic E-state index is -0.746. The summed E-state index contributed by atoms with van der Waals surface area (Å²) in [6, 6.07) is 7.84. The fraction of sp³-hybridized carbons (Fsp3) is 0.333. The number of hydrogen-bond acceptors (Lipinski definition) is 3. The summed E-state index contributed by atoms with van der Waals surface area (Å²) in [7, 11) is 0. The normalized spacial score (nSPS) is 18.7. The van der Waals surface area contributed by atoms with Gasteiger partial charge in [-0.1, -0.05) is 24.3 Å². The highest BCUT2D eigenvalue weighted by Gasteiger charge is 2.29. The maximum Gasteiger partial charge on any atom is 0.312 e. The van der Waals surface area contributed by atoms with E-state index < -0.39 is 11.9 Å². The van der Waals surface area contributed by atoms with E-state index >= 15 is 0 Å². The van der Waals surface area contributed by atoms with E-state index in [1.807, 2.05) is 35.0 Å². The van der Waals surface area contributed by atoms with Gasteiger partial charge in [0.15, 0.2) is 0 Å². The highest BCUT2D eigenvalue weighted by molar-refractivity contribution is 5.77. The third kappa shape index (κ3) is 2.58. The maximum atomic E-state index is 11.5. The number of imidazole rings is 1. The molecule has 0 radical (unpaired) electrons. The number of hydrogen-bond donors (Lipinski definition) is 1. The van der Waals surface area contributed by atoms with Crippen LogP contribution in [0, 0.1) is 0 Å². The van der Waals surface area contributed by atoms with Gasteiger partial charge in [0.1, 0.15) is 0 Å². The first kappa shape index (κ1) is 12.9. The molecule has 1 atom stereocenters. The summed E-state index contributed by atoms with van der Waals surface area (Å²) < 4.78 is 2.01. The van der Waals surface area contributed by atoms with Crippen molar-refractivity contribution in [1.82, 2.24) is 14.5 Å². The minimum Gasteiger partial charge on any atom is -0.481 e. The second-order valence-corrected chi connectivity index (χ2v) is 5.13. The largest absolute Gasteiger partial charge is 0.481 e. The Hall–Kier alpha value is -2.14. The average molecular weight is 271 g/mol. The number of aliphatic carboxylic acids is 1. The van der Waals surface area contributed by atoms with Gasteiger partial charge in [-0.25, -0.2) is 4.98 Å². The number of carbonyl (C=O) groups is 1. The number of aromatic nitrogens is 2. The van der Waals surface area contributed by atoms with E-state index in [-0.39, 0.29) is 0 Å². The first-order chi connectivity index (χ1) is 9.74. The smallest absolute Gasteiger partial charge is 0.312 e. The lowest BCUT2D eigenvalue weighted by Crippen LogP contribution is -2.38. The maximum absolute atomic E-state index is 11.5. The quantitative estimate of drug-likeness (QED) is 0.917. The van der Waals surface area contributed by atoms with Gasteiger partial charge < -0.3 is 9.67 Å². The zero-order chi connectivity index (χ0) is 13.9. The predicted molar refractivity (Wildman–Crippen MR) is 74.3 cm³/mol. The molecule has 2 aromatic rings. The van der Waals surface area contributed by atoms with Gasteiger partial charge in [-0.15, -0.1) is 0 Å². The molecule has 5 nitrogen and oxygen atoms in total. The molecule has 1 aromatic carbocycles. The molecule has 0 aliphatic carbocycles. The first-order valence-corrected chi connectivity index (χ1v) is 6.73. The van der Waals surface area contributed by atoms with Crippen LogP contribution >= 0.6 is 0 Å². The summed E-state index contributed by atoms with van der Waals surface area (Å²) in [5.41, 5.74) is 2.08. The molecule has 3 rings (SSSR count). The van der Waals surface area contributed by atoms with Crippen LogP contribution in [0.5, 0.6) is 0 Å². The van der Waals surface area contributed by atoms with E-state index in [9.17, 15) is 9.90 Å². The number of carboxylic acids is 1. The Balaban J connectivity index is 1.74. The fourth-order valence-corrected chi connectivity index (χ4v) is 2.74. The molecule has 0 saturated heterocycles. The average Bonchev–Trinajstić information content (AvgIpc) is 2.97. The highest BCUT2D eigenvalue weighted by Crippen LogP contribution is 2.28. The monoisotopic (exact) mass is 271 g/mol. The van der Waals surface area contributed by atoms with Crippen LogP contribution in [0.15, 0.2) is 43.0 Å². The summed E-state index contributed by atoms with van der Waals surface area (Å²) >= 11 is 0. The standard InChI is InChI=1S/C15H17N3O2/c19-15(20)14-10-18(8-7-17-6-5-16-11-17)9-12-3-1-2-4-13(12)14/h1-6,11,14H,7-10H2,(H,19,20). The van der Waals surface area contributed by atoms with Crippen LogP contribution in [0.1, 0.15) is 17.0 Å². The van der Waals surface area contributed by atoms with Crippen LogP contribution in [0.25, 0.3) is 0 Å². The van der Waals surface area contributed by atoms with Crippen molar-refractivity contribution < 1.29 is 9.90 Å². The first-order valence-electron chi connectivity index (χ1n) is 6.73. The van der Waals surface area contributed by atoms with Gasteiger partial charge >= 0.3 is 5.97 Å². The van der Waals surface area contributed by atoms with Gasteiger partial charge in [-0.2, -0.15) is 0 Å². The van der Waals surface area contributed by atoms with E-state index in [1.54, 1.807) is 12.5 Å². The second-order valence-electron chi connectivity index (χ2n) is 5.13. The number of benzene rings is 1. The van der Waals surface area contributed by atoms with Gasteiger partial charge in [0.25, 0.3) is 0 Å². The predicted octanol–water partition coefficient (Wildman–Crippen LogP) is 1.57. The van der Waals surface area contributed by atoms with Crippen molar-refractivity contribution in [2.24, 2.45) is 0 Å². The van der Waals surface area contributed by atoms with Crippen LogP contribution < -0.4 is 0 Å². The lowest BCUT2D eigenvalue weighted by molar-refractivity contribution is -0.139. The minimum absolute atomic E-state index is 0.428. The molecule has 0 bridgehead atoms. The number of rotatable bonds is 4. The second kappa shape index (κ2) is 5.46. The molecule has 0 saturated carbocycles. The lowest BCUT2D eigenvalue weighted by atomic mass is 9.90. The molecule has 0 fully saturated rings. The molecule has 104 valence electrons. The number of carboxylic acid groups (broad SMARTS) is 1. The Morgan fingerprint density at radius 2 is 2.20 bits per heavy atom. The Morgan fingerprint density at radius 3 is 2.95 bits per heavy atom. The van der Waals surface area contributed by atoms with Gasteiger partial charge in [0.2, 0.25) is 0 Å². The van der Waals surface area contributed by atoms with E-state index in [0.717, 1.165) is 30.8 Å². The van der Waals surface area contributed by atoms with Crippen LogP contribution in [-0.2, 0) is 17.9 Å². The van der Waals surface area contributed by atoms with Crippen molar-refractivity contribution in [2.45, 2.75) is 19.0 Å². The van der Waals surface area contributed by atoms with Gasteiger partial charge in [0, 0.05) is 38.6 Å². The molecule has 1 aliphatic heterocycles. The van der Waals surface area contributed by atoms with E-state index in [2.05, 4.69) is 9.88 Å². The Labute approximate surface area is 117 Å². The Bertz CT molecular complexity index is 595. The molecule has 0 spiro atoms. The molecular weight excluding hydrogens is 254 g/mol. The Kier molecular flexibility index (Phi) is 3.52. The van der Waals surface area contributed by atoms with Crippen molar-refractivity contribution in [3.05, 3.63) is 54.1 Å². The number of fused-ring (bicyclic) bond motifs is 1. The molecule has 5 heteroatoms. The van der Waals surface area contributed by atoms with Crippen molar-refractivity contribution in [2.75, 3.05) is 13.1 Å². The Morgan fingerprint density at radius 1 is 1.35 bits per heavy atom. The molecule has 1 N–H and O–H groups in total. The summed E-state index contributed by atoms with van der Waals surface area (Å²) in [6.45, 7) is 3.04. The van der Waals surface area contributed by atoms with Crippen LogP contribution in [-0.4, -0.2) is 38.6 Å². The van der Waals surface area contributed by atoms with Gasteiger partial charge in [-0.05, 0) is 11.1 Å². The van der Waals surface area contributed by atoms with Crippen molar-refractivity contribution in [3.63, 3.8) is 0 Å². The number of nitrogens with zero attached hydrogens (tertiary/aromatic N) is 3. The molecular formula is C15H17N3O2. The zero-order valence-corrected chi connectivity index (χ0v) is 11.1. The van der Waals surface area contributed by atoms with Gasteiger partial charge in [0.05, 0.1) is 12.2 Å². The molecule has 20 heavy (non-hydrogen) atoms. The van der Waals surface area contributed by atoms with E-state index in [1.165, 1.54) is 0 Å². The van der Waals surface area contributed by atoms with E-state index in [0.29, 0.717) is 6.54 Å². The SMILES string of the molecule is O=C(O)C1CN(CCn2ccnc2)Cc2ccccc21. The fourth-order valence-electron chi connectivity index (χ4n) is 2.74. The third-order valence-electron chi connectivity index (χ3n) is 3.80. The van der Waals surface area contributed by atoms with Crippen molar-refractivity contribution >= 4 is 5.97 Å². The van der Waals surface area contributed by atoms with Crippen molar-refractivity contribution in [1.29, 1.82) is 0 Å². The third-order valence-corrected chi connectivity index (χ3v) is 3.80. The lowest BCUT2D eigenvalue weighted by Gasteiger charge is -2.32. The molecule has 1 unspecified atom stereocenters. The topological polar surface area (TPSA) is 58.4 Å². The summed E-state index contributed by atoms with van der Waals surface area (Å²) in [5, 5.41) is 9.41. The molecule has 1 aliphatic rings. The van der Waals surface area contributed by atoms with Crippen molar-refractivity contribution in [3.8, 4) is 0 Å². The zero-order valence-electron chi connectivity index (χ0n) is 11.1.